The molecular weight excluding hydrogens is 426 g/mol. The van der Waals surface area contributed by atoms with E-state index in [1.165, 1.54) is 19.2 Å². The number of nitrogens with two attached hydrogens (primary N) is 1. The monoisotopic (exact) mass is 448 g/mol. The lowest BCUT2D eigenvalue weighted by Gasteiger charge is -2.10. The van der Waals surface area contributed by atoms with E-state index >= 15 is 0 Å². The van der Waals surface area contributed by atoms with Crippen molar-refractivity contribution in [2.45, 2.75) is 38.3 Å². The zero-order valence-electron chi connectivity index (χ0n) is 17.8. The van der Waals surface area contributed by atoms with E-state index in [9.17, 15) is 13.6 Å². The molecule has 2 aromatic carbocycles. The highest BCUT2D eigenvalue weighted by Gasteiger charge is 2.24. The number of hydrogen-bond donors (Lipinski definition) is 2. The minimum atomic E-state index is -0.770. The van der Waals surface area contributed by atoms with Crippen molar-refractivity contribution in [1.29, 1.82) is 0 Å². The number of nitrogens with zero attached hydrogens (tertiary/aromatic N) is 4. The summed E-state index contributed by atoms with van der Waals surface area (Å²) in [7, 11) is 0. The van der Waals surface area contributed by atoms with Gasteiger partial charge in [0.15, 0.2) is 5.65 Å². The van der Waals surface area contributed by atoms with Crippen molar-refractivity contribution in [3.8, 4) is 11.3 Å². The van der Waals surface area contributed by atoms with Gasteiger partial charge in [0.05, 0.1) is 17.0 Å². The van der Waals surface area contributed by atoms with E-state index in [1.54, 1.807) is 0 Å². The molecule has 0 spiro atoms. The number of anilines is 1. The number of carbonyl (C=O) groups is 1. The largest absolute Gasteiger partial charge is 0.383 e. The second-order valence-electron chi connectivity index (χ2n) is 8.19. The van der Waals surface area contributed by atoms with Crippen molar-refractivity contribution in [1.82, 2.24) is 25.1 Å². The number of amides is 1. The van der Waals surface area contributed by atoms with Crippen LogP contribution >= 0.6 is 0 Å². The summed E-state index contributed by atoms with van der Waals surface area (Å²) in [6.07, 6.45) is 5.92. The third kappa shape index (κ3) is 4.02. The molecule has 9 heteroatoms. The summed E-state index contributed by atoms with van der Waals surface area (Å²) in [6.45, 7) is 0.164. The normalized spacial score (nSPS) is 14.1. The molecule has 1 aliphatic rings. The molecule has 33 heavy (non-hydrogen) atoms. The zero-order chi connectivity index (χ0) is 22.9. The van der Waals surface area contributed by atoms with E-state index in [2.05, 4.69) is 15.3 Å². The predicted molar refractivity (Wildman–Crippen MR) is 120 cm³/mol. The molecule has 0 radical (unpaired) electrons. The summed E-state index contributed by atoms with van der Waals surface area (Å²) in [4.78, 5) is 20.8. The quantitative estimate of drug-likeness (QED) is 0.472. The number of carbonyl (C=O) groups excluding carboxylic acids is 1. The summed E-state index contributed by atoms with van der Waals surface area (Å²) >= 11 is 0. The first kappa shape index (κ1) is 21.0. The van der Waals surface area contributed by atoms with Crippen LogP contribution in [0.1, 0.15) is 47.6 Å². The van der Waals surface area contributed by atoms with Gasteiger partial charge in [0.1, 0.15) is 29.5 Å². The van der Waals surface area contributed by atoms with E-state index in [-0.39, 0.29) is 12.1 Å². The number of rotatable bonds is 5. The van der Waals surface area contributed by atoms with Gasteiger partial charge in [0.25, 0.3) is 5.91 Å². The van der Waals surface area contributed by atoms with Crippen molar-refractivity contribution in [2.24, 2.45) is 0 Å². The van der Waals surface area contributed by atoms with Gasteiger partial charge in [0, 0.05) is 12.1 Å². The van der Waals surface area contributed by atoms with E-state index in [4.69, 9.17) is 10.8 Å². The van der Waals surface area contributed by atoms with Gasteiger partial charge in [0.2, 0.25) is 0 Å². The lowest BCUT2D eigenvalue weighted by Crippen LogP contribution is -2.24. The molecule has 2 heterocycles. The first-order valence-corrected chi connectivity index (χ1v) is 10.8. The molecule has 5 rings (SSSR count). The molecular formula is C24H22F2N6O. The van der Waals surface area contributed by atoms with Crippen LogP contribution in [0.2, 0.25) is 0 Å². The van der Waals surface area contributed by atoms with Gasteiger partial charge in [-0.15, -0.1) is 0 Å². The van der Waals surface area contributed by atoms with Crippen LogP contribution < -0.4 is 11.1 Å². The van der Waals surface area contributed by atoms with Gasteiger partial charge in [-0.2, -0.15) is 5.10 Å². The number of hydrogen-bond acceptors (Lipinski definition) is 5. The number of benzene rings is 2. The van der Waals surface area contributed by atoms with Crippen LogP contribution in [0.4, 0.5) is 14.6 Å². The maximum atomic E-state index is 13.8. The predicted octanol–water partition coefficient (Wildman–Crippen LogP) is 4.40. The number of fused-ring (bicyclic) bond motifs is 1. The average molecular weight is 448 g/mol. The molecule has 7 nitrogen and oxygen atoms in total. The highest BCUT2D eigenvalue weighted by Crippen LogP contribution is 2.36. The van der Waals surface area contributed by atoms with E-state index in [1.807, 2.05) is 28.9 Å². The Bertz CT molecular complexity index is 1330. The van der Waals surface area contributed by atoms with Crippen molar-refractivity contribution >= 4 is 22.8 Å². The van der Waals surface area contributed by atoms with Crippen molar-refractivity contribution in [2.75, 3.05) is 5.73 Å². The van der Waals surface area contributed by atoms with Gasteiger partial charge in [-0.05, 0) is 36.6 Å². The van der Waals surface area contributed by atoms with Crippen LogP contribution in [0.25, 0.3) is 22.3 Å². The van der Waals surface area contributed by atoms with Gasteiger partial charge < -0.3 is 11.1 Å². The molecule has 1 saturated carbocycles. The van der Waals surface area contributed by atoms with Gasteiger partial charge in [-0.3, -0.25) is 4.79 Å². The molecule has 0 aliphatic heterocycles. The van der Waals surface area contributed by atoms with Crippen LogP contribution in [-0.4, -0.2) is 25.7 Å². The minimum absolute atomic E-state index is 0.164. The number of nitrogens with one attached hydrogen (secondary N) is 1. The second kappa shape index (κ2) is 8.57. The Morgan fingerprint density at radius 1 is 1.09 bits per heavy atom. The first-order valence-electron chi connectivity index (χ1n) is 10.8. The zero-order valence-corrected chi connectivity index (χ0v) is 17.8. The third-order valence-corrected chi connectivity index (χ3v) is 6.04. The maximum absolute atomic E-state index is 13.8. The topological polar surface area (TPSA) is 98.7 Å². The Morgan fingerprint density at radius 3 is 2.61 bits per heavy atom. The molecule has 3 N–H and O–H groups in total. The fourth-order valence-corrected chi connectivity index (χ4v) is 4.33. The second-order valence-corrected chi connectivity index (χ2v) is 8.19. The highest BCUT2D eigenvalue weighted by molar-refractivity contribution is 5.98. The lowest BCUT2D eigenvalue weighted by molar-refractivity contribution is 0.0946. The Morgan fingerprint density at radius 2 is 1.85 bits per heavy atom. The van der Waals surface area contributed by atoms with E-state index in [0.717, 1.165) is 53.2 Å². The summed E-state index contributed by atoms with van der Waals surface area (Å²) < 4.78 is 29.1. The Balaban J connectivity index is 1.39. The minimum Gasteiger partial charge on any atom is -0.383 e. The number of nitrogen functional groups attached to an aromatic ring is 1. The SMILES string of the molecule is Nc1ncnc2c1c(-c1ccc(CNC(=O)c3cc(F)ccc3F)cc1)nn2C1CCCC1. The number of aromatic nitrogens is 4. The van der Waals surface area contributed by atoms with E-state index in [0.29, 0.717) is 17.6 Å². The third-order valence-electron chi connectivity index (χ3n) is 6.04. The molecule has 0 atom stereocenters. The van der Waals surface area contributed by atoms with Crippen LogP contribution in [0, 0.1) is 11.6 Å². The fourth-order valence-electron chi connectivity index (χ4n) is 4.33. The molecule has 1 amide bonds. The summed E-state index contributed by atoms with van der Waals surface area (Å²) in [6, 6.07) is 10.6. The van der Waals surface area contributed by atoms with Gasteiger partial charge in [-0.25, -0.2) is 23.4 Å². The summed E-state index contributed by atoms with van der Waals surface area (Å²) in [5.74, 6) is -1.73. The summed E-state index contributed by atoms with van der Waals surface area (Å²) in [5, 5.41) is 8.20. The molecule has 0 saturated heterocycles. The standard InChI is InChI=1S/C24H22F2N6O/c25-16-9-10-19(26)18(11-16)24(33)28-12-14-5-7-15(8-6-14)21-20-22(27)29-13-30-23(20)32(31-21)17-3-1-2-4-17/h5-11,13,17H,1-4,12H2,(H,28,33)(H2,27,29,30). The van der Waals surface area contributed by atoms with Gasteiger partial charge >= 0.3 is 0 Å². The molecule has 4 aromatic rings. The molecule has 168 valence electrons. The molecule has 1 aliphatic carbocycles. The lowest BCUT2D eigenvalue weighted by atomic mass is 10.1. The van der Waals surface area contributed by atoms with E-state index < -0.39 is 17.5 Å². The number of halogens is 2. The molecule has 0 bridgehead atoms. The Labute approximate surface area is 188 Å². The maximum Gasteiger partial charge on any atom is 0.254 e. The first-order chi connectivity index (χ1) is 16.0. The van der Waals surface area contributed by atoms with Crippen molar-refractivity contribution in [3.05, 3.63) is 71.6 Å². The molecule has 0 unspecified atom stereocenters. The van der Waals surface area contributed by atoms with Gasteiger partial charge in [-0.1, -0.05) is 37.1 Å². The fraction of sp³-hybridized carbons (Fsp3) is 0.250. The van der Waals surface area contributed by atoms with Crippen LogP contribution in [-0.2, 0) is 6.54 Å². The average Bonchev–Trinajstić information content (AvgIpc) is 3.48. The van der Waals surface area contributed by atoms with Crippen molar-refractivity contribution in [3.63, 3.8) is 0 Å². The summed E-state index contributed by atoms with van der Waals surface area (Å²) in [5.41, 5.74) is 8.96. The van der Waals surface area contributed by atoms with Crippen LogP contribution in [0.15, 0.2) is 48.8 Å². The molecule has 1 fully saturated rings. The van der Waals surface area contributed by atoms with Crippen molar-refractivity contribution < 1.29 is 13.6 Å². The highest BCUT2D eigenvalue weighted by atomic mass is 19.1. The smallest absolute Gasteiger partial charge is 0.254 e. The van der Waals surface area contributed by atoms with Crippen LogP contribution in [0.3, 0.4) is 0 Å². The molecule has 2 aromatic heterocycles. The van der Waals surface area contributed by atoms with Crippen LogP contribution in [0.5, 0.6) is 0 Å². The Hall–Kier alpha value is -3.88. The Kier molecular flexibility index (Phi) is 5.45.